The molecule has 0 aliphatic heterocycles. The smallest absolute Gasteiger partial charge is 0.342 e. The summed E-state index contributed by atoms with van der Waals surface area (Å²) in [6.07, 6.45) is 0. The molecule has 0 radical (unpaired) electrons. The number of H-pyrrole nitrogens is 2. The van der Waals surface area contributed by atoms with Gasteiger partial charge in [0.05, 0.1) is 16.7 Å². The molecule has 0 unspecified atom stereocenters. The Balaban J connectivity index is 1.46. The average molecular weight is 456 g/mol. The zero-order valence-electron chi connectivity index (χ0n) is 14.8. The van der Waals surface area contributed by atoms with Crippen LogP contribution in [0, 0.1) is 0 Å². The molecule has 3 aromatic carbocycles. The molecular weight excluding hydrogens is 442 g/mol. The van der Waals surface area contributed by atoms with Crippen LogP contribution in [-0.2, 0) is 9.53 Å². The van der Waals surface area contributed by atoms with Crippen molar-refractivity contribution in [3.63, 3.8) is 0 Å². The number of carbonyl (C=O) groups excluding carboxylic acids is 2. The molecule has 1 heterocycles. The van der Waals surface area contributed by atoms with Gasteiger partial charge in [-0.2, -0.15) is 0 Å². The van der Waals surface area contributed by atoms with E-state index in [0.717, 1.165) is 10.8 Å². The van der Waals surface area contributed by atoms with Crippen molar-refractivity contribution in [3.05, 3.63) is 69.1 Å². The summed E-state index contributed by atoms with van der Waals surface area (Å²) in [5.74, 6) is -1.61. The van der Waals surface area contributed by atoms with Gasteiger partial charge in [-0.1, -0.05) is 24.3 Å². The normalized spacial score (nSPS) is 10.9. The number of ether oxygens (including phenoxy) is 1. The van der Waals surface area contributed by atoms with Gasteiger partial charge in [-0.25, -0.2) is 9.59 Å². The molecule has 0 spiro atoms. The van der Waals surface area contributed by atoms with Crippen LogP contribution >= 0.6 is 15.9 Å². The lowest BCUT2D eigenvalue weighted by atomic mass is 10.1. The summed E-state index contributed by atoms with van der Waals surface area (Å²) < 4.78 is 5.58. The Kier molecular flexibility index (Phi) is 4.81. The maximum atomic E-state index is 12.3. The van der Waals surface area contributed by atoms with Crippen molar-refractivity contribution in [2.45, 2.75) is 0 Å². The SMILES string of the molecule is O=C(COC(=O)c1cc2ccccc2cc1O)Nc1cc2[nH]c(=O)[nH]c2cc1Br. The van der Waals surface area contributed by atoms with Crippen LogP contribution in [0.4, 0.5) is 5.69 Å². The summed E-state index contributed by atoms with van der Waals surface area (Å²) in [5.41, 5.74) is 1.12. The number of imidazole rings is 1. The first kappa shape index (κ1) is 18.8. The van der Waals surface area contributed by atoms with Gasteiger partial charge in [0.1, 0.15) is 11.3 Å². The van der Waals surface area contributed by atoms with E-state index in [1.165, 1.54) is 12.1 Å². The number of aromatic nitrogens is 2. The predicted octanol–water partition coefficient (Wildman–Crippen LogP) is 3.27. The number of phenols is 1. The van der Waals surface area contributed by atoms with Gasteiger partial charge in [-0.3, -0.25) is 4.79 Å². The summed E-state index contributed by atoms with van der Waals surface area (Å²) in [4.78, 5) is 41.1. The highest BCUT2D eigenvalue weighted by Crippen LogP contribution is 2.27. The zero-order valence-corrected chi connectivity index (χ0v) is 16.4. The number of esters is 1. The molecule has 0 bridgehead atoms. The van der Waals surface area contributed by atoms with Crippen molar-refractivity contribution < 1.29 is 19.4 Å². The number of benzene rings is 3. The van der Waals surface area contributed by atoms with Gasteiger partial charge in [-0.15, -0.1) is 0 Å². The Bertz CT molecular complexity index is 1320. The third kappa shape index (κ3) is 3.85. The minimum absolute atomic E-state index is 0.0241. The van der Waals surface area contributed by atoms with Gasteiger partial charge in [-0.05, 0) is 51.0 Å². The number of amides is 1. The minimum Gasteiger partial charge on any atom is -0.507 e. The van der Waals surface area contributed by atoms with E-state index in [4.69, 9.17) is 4.74 Å². The molecule has 9 heteroatoms. The van der Waals surface area contributed by atoms with Gasteiger partial charge >= 0.3 is 11.7 Å². The van der Waals surface area contributed by atoms with E-state index in [1.807, 2.05) is 18.2 Å². The lowest BCUT2D eigenvalue weighted by molar-refractivity contribution is -0.119. The van der Waals surface area contributed by atoms with E-state index in [9.17, 15) is 19.5 Å². The second-order valence-electron chi connectivity index (χ2n) is 6.30. The second kappa shape index (κ2) is 7.44. The number of aromatic amines is 2. The Hall–Kier alpha value is -3.59. The molecule has 1 aromatic heterocycles. The monoisotopic (exact) mass is 455 g/mol. The highest BCUT2D eigenvalue weighted by molar-refractivity contribution is 9.10. The van der Waals surface area contributed by atoms with Crippen LogP contribution < -0.4 is 11.0 Å². The molecule has 0 atom stereocenters. The van der Waals surface area contributed by atoms with Crippen molar-refractivity contribution >= 4 is 55.3 Å². The van der Waals surface area contributed by atoms with Gasteiger partial charge in [0.25, 0.3) is 5.91 Å². The van der Waals surface area contributed by atoms with E-state index in [2.05, 4.69) is 31.2 Å². The first-order chi connectivity index (χ1) is 13.9. The molecular formula is C20H14BrN3O5. The highest BCUT2D eigenvalue weighted by Gasteiger charge is 2.16. The molecule has 1 amide bonds. The summed E-state index contributed by atoms with van der Waals surface area (Å²) in [6, 6.07) is 13.4. The molecule has 0 aliphatic carbocycles. The van der Waals surface area contributed by atoms with Gasteiger partial charge < -0.3 is 25.1 Å². The van der Waals surface area contributed by atoms with Gasteiger partial charge in [0.15, 0.2) is 6.61 Å². The fraction of sp³-hybridized carbons (Fsp3) is 0.0500. The molecule has 0 saturated carbocycles. The molecule has 0 aliphatic rings. The van der Waals surface area contributed by atoms with Crippen LogP contribution in [-0.4, -0.2) is 33.6 Å². The van der Waals surface area contributed by atoms with Crippen molar-refractivity contribution in [2.75, 3.05) is 11.9 Å². The maximum absolute atomic E-state index is 12.3. The Morgan fingerprint density at radius 2 is 1.69 bits per heavy atom. The number of hydrogen-bond acceptors (Lipinski definition) is 5. The first-order valence-electron chi connectivity index (χ1n) is 8.51. The zero-order chi connectivity index (χ0) is 20.5. The lowest BCUT2D eigenvalue weighted by Crippen LogP contribution is -2.21. The molecule has 0 saturated heterocycles. The van der Waals surface area contributed by atoms with E-state index in [0.29, 0.717) is 21.2 Å². The standard InChI is InChI=1S/C20H14BrN3O5/c21-13-7-15-16(24-20(28)23-15)8-14(13)22-18(26)9-29-19(27)12-5-10-3-1-2-4-11(10)6-17(12)25/h1-8,25H,9H2,(H,22,26)(H2,23,24,28). The van der Waals surface area contributed by atoms with Crippen molar-refractivity contribution in [3.8, 4) is 5.75 Å². The number of carbonyl (C=O) groups is 2. The molecule has 146 valence electrons. The van der Waals surface area contributed by atoms with E-state index in [1.54, 1.807) is 18.2 Å². The second-order valence-corrected chi connectivity index (χ2v) is 7.15. The molecule has 0 fully saturated rings. The van der Waals surface area contributed by atoms with E-state index >= 15 is 0 Å². The maximum Gasteiger partial charge on any atom is 0.342 e. The number of halogens is 1. The molecule has 4 aromatic rings. The van der Waals surface area contributed by atoms with Crippen LogP contribution in [0.5, 0.6) is 5.75 Å². The number of rotatable bonds is 4. The first-order valence-corrected chi connectivity index (χ1v) is 9.30. The minimum atomic E-state index is -0.812. The van der Waals surface area contributed by atoms with E-state index in [-0.39, 0.29) is 17.0 Å². The van der Waals surface area contributed by atoms with Crippen LogP contribution in [0.1, 0.15) is 10.4 Å². The number of phenolic OH excluding ortho intramolecular Hbond substituents is 1. The number of anilines is 1. The summed E-state index contributed by atoms with van der Waals surface area (Å²) in [6.45, 7) is -0.542. The van der Waals surface area contributed by atoms with Crippen molar-refractivity contribution in [2.24, 2.45) is 0 Å². The van der Waals surface area contributed by atoms with Crippen molar-refractivity contribution in [1.82, 2.24) is 9.97 Å². The largest absolute Gasteiger partial charge is 0.507 e. The molecule has 4 N–H and O–H groups in total. The summed E-state index contributed by atoms with van der Waals surface area (Å²) in [7, 11) is 0. The number of aromatic hydroxyl groups is 1. The van der Waals surface area contributed by atoms with E-state index < -0.39 is 18.5 Å². The molecule has 29 heavy (non-hydrogen) atoms. The van der Waals surface area contributed by atoms with Crippen LogP contribution in [0.2, 0.25) is 0 Å². The van der Waals surface area contributed by atoms with Gasteiger partial charge in [0, 0.05) is 4.47 Å². The fourth-order valence-electron chi connectivity index (χ4n) is 2.94. The third-order valence-corrected chi connectivity index (χ3v) is 4.95. The number of hydrogen-bond donors (Lipinski definition) is 4. The highest BCUT2D eigenvalue weighted by atomic mass is 79.9. The Morgan fingerprint density at radius 1 is 1.03 bits per heavy atom. The summed E-state index contributed by atoms with van der Waals surface area (Å²) in [5, 5.41) is 14.2. The topological polar surface area (TPSA) is 124 Å². The third-order valence-electron chi connectivity index (χ3n) is 4.30. The number of nitrogens with one attached hydrogen (secondary N) is 3. The Morgan fingerprint density at radius 3 is 2.41 bits per heavy atom. The molecule has 4 rings (SSSR count). The molecule has 8 nitrogen and oxygen atoms in total. The summed E-state index contributed by atoms with van der Waals surface area (Å²) >= 11 is 3.31. The van der Waals surface area contributed by atoms with Gasteiger partial charge in [0.2, 0.25) is 0 Å². The fourth-order valence-corrected chi connectivity index (χ4v) is 3.38. The average Bonchev–Trinajstić information content (AvgIpc) is 3.04. The van der Waals surface area contributed by atoms with Crippen molar-refractivity contribution in [1.29, 1.82) is 0 Å². The van der Waals surface area contributed by atoms with Crippen LogP contribution in [0.3, 0.4) is 0 Å². The van der Waals surface area contributed by atoms with Crippen LogP contribution in [0.25, 0.3) is 21.8 Å². The quantitative estimate of drug-likeness (QED) is 0.351. The predicted molar refractivity (Wildman–Crippen MR) is 111 cm³/mol. The van der Waals surface area contributed by atoms with Crippen LogP contribution in [0.15, 0.2) is 57.8 Å². The number of fused-ring (bicyclic) bond motifs is 2. The Labute approximate surface area is 171 Å². The lowest BCUT2D eigenvalue weighted by Gasteiger charge is -2.10.